The number of nitrogens with one attached hydrogen (secondary N) is 1. The molecule has 1 aromatic rings. The molecule has 0 bridgehead atoms. The molecule has 20 heavy (non-hydrogen) atoms. The van der Waals surface area contributed by atoms with Crippen LogP contribution in [0.1, 0.15) is 40.5 Å². The van der Waals surface area contributed by atoms with Gasteiger partial charge >= 0.3 is 0 Å². The Balaban J connectivity index is 3.04. The first-order valence-corrected chi connectivity index (χ1v) is 8.09. The fourth-order valence-corrected chi connectivity index (χ4v) is 3.04. The van der Waals surface area contributed by atoms with Crippen LogP contribution in [0.3, 0.4) is 0 Å². The molecule has 4 heteroatoms. The van der Waals surface area contributed by atoms with Gasteiger partial charge in [-0.1, -0.05) is 39.3 Å². The summed E-state index contributed by atoms with van der Waals surface area (Å²) in [6, 6.07) is 8.18. The van der Waals surface area contributed by atoms with Gasteiger partial charge in [0, 0.05) is 10.2 Å². The van der Waals surface area contributed by atoms with Crippen LogP contribution in [-0.4, -0.2) is 5.54 Å². The molecule has 0 aliphatic carbocycles. The normalized spacial score (nSPS) is 11.8. The van der Waals surface area contributed by atoms with Gasteiger partial charge in [0.25, 0.3) is 0 Å². The van der Waals surface area contributed by atoms with Gasteiger partial charge in [0.15, 0.2) is 0 Å². The van der Waals surface area contributed by atoms with E-state index in [1.807, 2.05) is 18.2 Å². The monoisotopic (exact) mass is 356 g/mol. The lowest BCUT2D eigenvalue weighted by Gasteiger charge is -2.32. The second-order valence-electron chi connectivity index (χ2n) is 6.14. The third kappa shape index (κ3) is 5.00. The van der Waals surface area contributed by atoms with Crippen molar-refractivity contribution in [3.05, 3.63) is 27.7 Å². The lowest BCUT2D eigenvalue weighted by molar-refractivity contribution is 0.376. The lowest BCUT2D eigenvalue weighted by Crippen LogP contribution is -2.39. The molecule has 1 aromatic carbocycles. The van der Waals surface area contributed by atoms with E-state index in [0.717, 1.165) is 23.0 Å². The smallest absolute Gasteiger partial charge is 0.125 e. The van der Waals surface area contributed by atoms with Gasteiger partial charge in [-0.2, -0.15) is 5.26 Å². The van der Waals surface area contributed by atoms with Crippen LogP contribution >= 0.6 is 27.5 Å². The quantitative estimate of drug-likeness (QED) is 0.691. The molecule has 0 unspecified atom stereocenters. The summed E-state index contributed by atoms with van der Waals surface area (Å²) in [5.74, 6) is 0.910. The second-order valence-corrected chi connectivity index (χ2v) is 7.41. The summed E-state index contributed by atoms with van der Waals surface area (Å²) in [4.78, 5) is 0. The van der Waals surface area contributed by atoms with Gasteiger partial charge in [-0.3, -0.25) is 0 Å². The fourth-order valence-electron chi connectivity index (χ4n) is 2.55. The molecule has 0 radical (unpaired) electrons. The summed E-state index contributed by atoms with van der Waals surface area (Å²) in [6.07, 6.45) is 1.64. The molecule has 0 aliphatic rings. The van der Waals surface area contributed by atoms with Crippen molar-refractivity contribution >= 4 is 33.2 Å². The van der Waals surface area contributed by atoms with E-state index >= 15 is 0 Å². The van der Waals surface area contributed by atoms with Gasteiger partial charge in [-0.25, -0.2) is 0 Å². The molecule has 0 atom stereocenters. The number of hydrogen-bond donors (Lipinski definition) is 1. The Kier molecular flexibility index (Phi) is 6.36. The molecule has 0 saturated carbocycles. The van der Waals surface area contributed by atoms with Gasteiger partial charge in [-0.15, -0.1) is 0 Å². The summed E-state index contributed by atoms with van der Waals surface area (Å²) in [5, 5.41) is 13.8. The molecule has 110 valence electrons. The number of nitrogens with zero attached hydrogens (tertiary/aromatic N) is 1. The number of nitriles is 1. The summed E-state index contributed by atoms with van der Waals surface area (Å²) in [5.41, 5.74) is 0.388. The van der Waals surface area contributed by atoms with Crippen molar-refractivity contribution < 1.29 is 0 Å². The molecule has 0 amide bonds. The second kappa shape index (κ2) is 7.33. The molecule has 0 heterocycles. The topological polar surface area (TPSA) is 35.8 Å². The highest BCUT2D eigenvalue weighted by molar-refractivity contribution is 9.10. The number of rotatable bonds is 6. The van der Waals surface area contributed by atoms with E-state index in [4.69, 9.17) is 11.6 Å². The summed E-state index contributed by atoms with van der Waals surface area (Å²) in [6.45, 7) is 8.58. The largest absolute Gasteiger partial charge is 0.367 e. The lowest BCUT2D eigenvalue weighted by atomic mass is 9.82. The Bertz CT molecular complexity index is 482. The van der Waals surface area contributed by atoms with Crippen molar-refractivity contribution in [1.29, 1.82) is 5.26 Å². The third-order valence-electron chi connectivity index (χ3n) is 3.03. The maximum Gasteiger partial charge on any atom is 0.125 e. The van der Waals surface area contributed by atoms with Crippen molar-refractivity contribution in [1.82, 2.24) is 0 Å². The van der Waals surface area contributed by atoms with Crippen LogP contribution in [0.2, 0.25) is 5.02 Å². The number of benzene rings is 1. The zero-order valence-corrected chi connectivity index (χ0v) is 14.8. The molecular formula is C16H22BrClN2. The van der Waals surface area contributed by atoms with Gasteiger partial charge in [0.05, 0.1) is 11.1 Å². The van der Waals surface area contributed by atoms with Crippen molar-refractivity contribution in [3.8, 4) is 6.07 Å². The van der Waals surface area contributed by atoms with E-state index in [1.165, 1.54) is 0 Å². The SMILES string of the molecule is CC(C)CC(C#N)(CC(C)C)Nc1ccc(Cl)c(Br)c1. The Labute approximate surface area is 135 Å². The number of anilines is 1. The average Bonchev–Trinajstić information content (AvgIpc) is 2.32. The molecule has 2 nitrogen and oxygen atoms in total. The first kappa shape index (κ1) is 17.3. The zero-order chi connectivity index (χ0) is 15.3. The van der Waals surface area contributed by atoms with Gasteiger partial charge in [-0.05, 0) is 58.8 Å². The molecule has 0 aliphatic heterocycles. The van der Waals surface area contributed by atoms with Crippen molar-refractivity contribution in [2.45, 2.75) is 46.1 Å². The van der Waals surface area contributed by atoms with E-state index < -0.39 is 5.54 Å². The maximum atomic E-state index is 9.71. The van der Waals surface area contributed by atoms with Crippen LogP contribution in [0.5, 0.6) is 0 Å². The molecule has 1 N–H and O–H groups in total. The maximum absolute atomic E-state index is 9.71. The molecule has 0 fully saturated rings. The Morgan fingerprint density at radius 3 is 2.20 bits per heavy atom. The van der Waals surface area contributed by atoms with Crippen LogP contribution in [-0.2, 0) is 0 Å². The Morgan fingerprint density at radius 2 is 1.80 bits per heavy atom. The van der Waals surface area contributed by atoms with Crippen LogP contribution < -0.4 is 5.32 Å². The molecule has 0 spiro atoms. The molecule has 0 aromatic heterocycles. The summed E-state index contributed by atoms with van der Waals surface area (Å²) >= 11 is 9.44. The van der Waals surface area contributed by atoms with E-state index in [0.29, 0.717) is 16.9 Å². The number of hydrogen-bond acceptors (Lipinski definition) is 2. The predicted octanol–water partition coefficient (Wildman–Crippen LogP) is 5.87. The standard InChI is InChI=1S/C16H22BrClN2/c1-11(2)8-16(10-19,9-12(3)4)20-13-5-6-15(18)14(17)7-13/h5-7,11-12,20H,8-9H2,1-4H3. The molecule has 1 rings (SSSR count). The minimum Gasteiger partial charge on any atom is -0.367 e. The highest BCUT2D eigenvalue weighted by Gasteiger charge is 2.31. The zero-order valence-electron chi connectivity index (χ0n) is 12.5. The minimum atomic E-state index is -0.532. The molecular weight excluding hydrogens is 336 g/mol. The average molecular weight is 358 g/mol. The van der Waals surface area contributed by atoms with E-state index in [-0.39, 0.29) is 0 Å². The summed E-state index contributed by atoms with van der Waals surface area (Å²) in [7, 11) is 0. The van der Waals surface area contributed by atoms with Crippen molar-refractivity contribution in [2.24, 2.45) is 11.8 Å². The van der Waals surface area contributed by atoms with Crippen molar-refractivity contribution in [2.75, 3.05) is 5.32 Å². The van der Waals surface area contributed by atoms with Gasteiger partial charge in [0.2, 0.25) is 0 Å². The van der Waals surface area contributed by atoms with Crippen LogP contribution in [0, 0.1) is 23.2 Å². The Hall–Kier alpha value is -0.720. The first-order valence-electron chi connectivity index (χ1n) is 6.92. The predicted molar refractivity (Wildman–Crippen MR) is 90.0 cm³/mol. The minimum absolute atomic E-state index is 0.455. The number of halogens is 2. The van der Waals surface area contributed by atoms with E-state index in [1.54, 1.807) is 0 Å². The summed E-state index contributed by atoms with van der Waals surface area (Å²) < 4.78 is 0.838. The van der Waals surface area contributed by atoms with Crippen LogP contribution in [0.4, 0.5) is 5.69 Å². The van der Waals surface area contributed by atoms with Gasteiger partial charge in [0.1, 0.15) is 5.54 Å². The highest BCUT2D eigenvalue weighted by Crippen LogP contribution is 2.32. The van der Waals surface area contributed by atoms with E-state index in [2.05, 4.69) is 55.0 Å². The third-order valence-corrected chi connectivity index (χ3v) is 4.24. The fraction of sp³-hybridized carbons (Fsp3) is 0.562. The van der Waals surface area contributed by atoms with Crippen LogP contribution in [0.15, 0.2) is 22.7 Å². The first-order chi connectivity index (χ1) is 9.28. The molecule has 0 saturated heterocycles. The van der Waals surface area contributed by atoms with Crippen LogP contribution in [0.25, 0.3) is 0 Å². The van der Waals surface area contributed by atoms with Gasteiger partial charge < -0.3 is 5.32 Å². The van der Waals surface area contributed by atoms with E-state index in [9.17, 15) is 5.26 Å². The highest BCUT2D eigenvalue weighted by atomic mass is 79.9. The van der Waals surface area contributed by atoms with Crippen molar-refractivity contribution in [3.63, 3.8) is 0 Å². The Morgan fingerprint density at radius 1 is 1.25 bits per heavy atom.